The van der Waals surface area contributed by atoms with Crippen molar-refractivity contribution in [2.75, 3.05) is 0 Å². The second-order valence-corrected chi connectivity index (χ2v) is 14.4. The molecule has 0 unspecified atom stereocenters. The summed E-state index contributed by atoms with van der Waals surface area (Å²) in [6, 6.07) is 63.0. The van der Waals surface area contributed by atoms with E-state index in [9.17, 15) is 0 Å². The summed E-state index contributed by atoms with van der Waals surface area (Å²) >= 11 is 1.87. The second-order valence-electron chi connectivity index (χ2n) is 13.3. The van der Waals surface area contributed by atoms with Gasteiger partial charge in [0.15, 0.2) is 5.84 Å². The molecule has 3 heteroatoms. The van der Waals surface area contributed by atoms with Gasteiger partial charge in [0.25, 0.3) is 0 Å². The summed E-state index contributed by atoms with van der Waals surface area (Å²) in [6.45, 7) is 0. The average Bonchev–Trinajstić information content (AvgIpc) is 3.47. The Bertz CT molecular complexity index is 2910. The van der Waals surface area contributed by atoms with Gasteiger partial charge < -0.3 is 0 Å². The smallest absolute Gasteiger partial charge is 0.160 e. The lowest BCUT2D eigenvalue weighted by molar-refractivity contribution is 1.42. The highest BCUT2D eigenvalue weighted by molar-refractivity contribution is 7.26. The third-order valence-electron chi connectivity index (χ3n) is 10.1. The summed E-state index contributed by atoms with van der Waals surface area (Å²) in [5.74, 6) is 0.723. The first kappa shape index (κ1) is 30.4. The number of benzene rings is 8. The Labute approximate surface area is 306 Å². The predicted molar refractivity (Wildman–Crippen MR) is 224 cm³/mol. The van der Waals surface area contributed by atoms with E-state index < -0.39 is 0 Å². The topological polar surface area (TPSA) is 24.7 Å². The molecule has 0 N–H and O–H groups in total. The Morgan fingerprint density at radius 3 is 1.94 bits per heavy atom. The van der Waals surface area contributed by atoms with Crippen LogP contribution in [0.2, 0.25) is 0 Å². The van der Waals surface area contributed by atoms with Gasteiger partial charge in [-0.15, -0.1) is 11.3 Å². The van der Waals surface area contributed by atoms with Crippen molar-refractivity contribution >= 4 is 70.3 Å². The van der Waals surface area contributed by atoms with Crippen LogP contribution in [0.5, 0.6) is 0 Å². The number of amidine groups is 1. The lowest BCUT2D eigenvalue weighted by Gasteiger charge is -2.11. The van der Waals surface area contributed by atoms with Crippen LogP contribution in [-0.4, -0.2) is 11.5 Å². The maximum Gasteiger partial charge on any atom is 0.160 e. The number of rotatable bonds is 5. The molecule has 1 aromatic heterocycles. The second kappa shape index (κ2) is 12.7. The fourth-order valence-electron chi connectivity index (χ4n) is 7.62. The number of aliphatic imine (C=N–C) groups is 2. The Hall–Kier alpha value is -6.42. The molecule has 2 nitrogen and oxygen atoms in total. The molecule has 8 aromatic carbocycles. The average molecular weight is 681 g/mol. The molecule has 0 saturated heterocycles. The Morgan fingerprint density at radius 2 is 1.06 bits per heavy atom. The number of nitrogens with zero attached hydrogens (tertiary/aromatic N) is 2. The molecule has 1 aliphatic rings. The summed E-state index contributed by atoms with van der Waals surface area (Å²) in [4.78, 5) is 10.8. The zero-order valence-corrected chi connectivity index (χ0v) is 29.1. The SMILES string of the molecule is C1=C(c2cccc(-c3cccc4sc5ccc6ccccc6c5c34)c2)N=C(c2cccc3ccc(-c4ccccc4)cc23)N=C(c2ccccc2)C1. The van der Waals surface area contributed by atoms with Gasteiger partial charge in [-0.25, -0.2) is 9.98 Å². The largest absolute Gasteiger partial charge is 0.232 e. The fraction of sp³-hybridized carbons (Fsp3) is 0.0204. The highest BCUT2D eigenvalue weighted by atomic mass is 32.1. The third-order valence-corrected chi connectivity index (χ3v) is 11.3. The van der Waals surface area contributed by atoms with Gasteiger partial charge in [-0.1, -0.05) is 158 Å². The van der Waals surface area contributed by atoms with Crippen molar-refractivity contribution < 1.29 is 0 Å². The van der Waals surface area contributed by atoms with Crippen LogP contribution >= 0.6 is 11.3 Å². The Kier molecular flexibility index (Phi) is 7.44. The van der Waals surface area contributed by atoms with Crippen LogP contribution in [0.1, 0.15) is 23.1 Å². The van der Waals surface area contributed by atoms with Crippen LogP contribution in [0.25, 0.3) is 69.7 Å². The molecular weight excluding hydrogens is 649 g/mol. The number of fused-ring (bicyclic) bond motifs is 6. The number of hydrogen-bond donors (Lipinski definition) is 0. The number of thiophene rings is 1. The molecule has 0 amide bonds. The monoisotopic (exact) mass is 680 g/mol. The van der Waals surface area contributed by atoms with E-state index in [1.807, 2.05) is 11.3 Å². The van der Waals surface area contributed by atoms with Crippen molar-refractivity contribution in [2.45, 2.75) is 6.42 Å². The Balaban J connectivity index is 1.14. The standard InChI is InChI=1S/C49H32N2S/c1-3-12-32(13-4-1)36-25-24-34-17-10-22-41(42(34)31-36)49-50-43(35-15-5-2-6-16-35)27-28-44(51-49)38-19-9-18-37(30-38)40-21-11-23-45-48(40)47-39-20-8-7-14-33(39)26-29-46(47)52-45/h1-26,28-31H,27H2. The van der Waals surface area contributed by atoms with Gasteiger partial charge in [-0.05, 0) is 73.6 Å². The van der Waals surface area contributed by atoms with Crippen molar-refractivity contribution in [2.24, 2.45) is 9.98 Å². The van der Waals surface area contributed by atoms with E-state index in [1.165, 1.54) is 53.2 Å². The molecule has 0 aliphatic carbocycles. The van der Waals surface area contributed by atoms with Crippen LogP contribution in [0.15, 0.2) is 192 Å². The fourth-order valence-corrected chi connectivity index (χ4v) is 8.77. The lowest BCUT2D eigenvalue weighted by Crippen LogP contribution is -2.05. The molecule has 2 heterocycles. The Morgan fingerprint density at radius 1 is 0.404 bits per heavy atom. The molecular formula is C49H32N2S. The molecule has 244 valence electrons. The minimum absolute atomic E-state index is 0.674. The van der Waals surface area contributed by atoms with Crippen molar-refractivity contribution in [3.8, 4) is 22.3 Å². The minimum atomic E-state index is 0.674. The maximum absolute atomic E-state index is 5.41. The molecule has 0 radical (unpaired) electrons. The van der Waals surface area contributed by atoms with Crippen LogP contribution in [0.3, 0.4) is 0 Å². The van der Waals surface area contributed by atoms with Gasteiger partial charge in [0.05, 0.1) is 11.4 Å². The normalized spacial score (nSPS) is 13.3. The van der Waals surface area contributed by atoms with Gasteiger partial charge in [0, 0.05) is 37.7 Å². The van der Waals surface area contributed by atoms with E-state index in [0.29, 0.717) is 6.42 Å². The summed E-state index contributed by atoms with van der Waals surface area (Å²) in [5.41, 5.74) is 9.92. The first-order valence-electron chi connectivity index (χ1n) is 17.7. The van der Waals surface area contributed by atoms with Crippen LogP contribution in [0, 0.1) is 0 Å². The van der Waals surface area contributed by atoms with Crippen LogP contribution in [0.4, 0.5) is 0 Å². The summed E-state index contributed by atoms with van der Waals surface area (Å²) in [5, 5.41) is 7.51. The van der Waals surface area contributed by atoms with E-state index in [4.69, 9.17) is 9.98 Å². The first-order valence-corrected chi connectivity index (χ1v) is 18.5. The lowest BCUT2D eigenvalue weighted by atomic mass is 9.95. The van der Waals surface area contributed by atoms with Gasteiger partial charge in [-0.2, -0.15) is 0 Å². The van der Waals surface area contributed by atoms with E-state index in [2.05, 4.69) is 182 Å². The van der Waals surface area contributed by atoms with E-state index in [1.54, 1.807) is 0 Å². The summed E-state index contributed by atoms with van der Waals surface area (Å²) < 4.78 is 2.61. The van der Waals surface area contributed by atoms with Crippen molar-refractivity contribution in [1.29, 1.82) is 0 Å². The molecule has 9 aromatic rings. The minimum Gasteiger partial charge on any atom is -0.232 e. The van der Waals surface area contributed by atoms with Crippen molar-refractivity contribution in [1.82, 2.24) is 0 Å². The molecule has 10 rings (SSSR count). The number of hydrogen-bond acceptors (Lipinski definition) is 3. The molecule has 0 atom stereocenters. The highest BCUT2D eigenvalue weighted by Gasteiger charge is 2.18. The quantitative estimate of drug-likeness (QED) is 0.173. The van der Waals surface area contributed by atoms with Crippen molar-refractivity contribution in [3.63, 3.8) is 0 Å². The van der Waals surface area contributed by atoms with E-state index in [-0.39, 0.29) is 0 Å². The van der Waals surface area contributed by atoms with E-state index >= 15 is 0 Å². The van der Waals surface area contributed by atoms with Gasteiger partial charge in [0.2, 0.25) is 0 Å². The zero-order chi connectivity index (χ0) is 34.4. The molecule has 52 heavy (non-hydrogen) atoms. The number of allylic oxidation sites excluding steroid dienone is 1. The molecule has 0 spiro atoms. The van der Waals surface area contributed by atoms with Crippen LogP contribution < -0.4 is 0 Å². The summed E-state index contributed by atoms with van der Waals surface area (Å²) in [6.07, 6.45) is 2.92. The van der Waals surface area contributed by atoms with Gasteiger partial charge >= 0.3 is 0 Å². The van der Waals surface area contributed by atoms with Gasteiger partial charge in [0.1, 0.15) is 0 Å². The molecule has 0 fully saturated rings. The van der Waals surface area contributed by atoms with Crippen LogP contribution in [-0.2, 0) is 0 Å². The van der Waals surface area contributed by atoms with E-state index in [0.717, 1.165) is 44.7 Å². The molecule has 1 aliphatic heterocycles. The third kappa shape index (κ3) is 5.35. The maximum atomic E-state index is 5.41. The molecule has 0 bridgehead atoms. The van der Waals surface area contributed by atoms with Crippen molar-refractivity contribution in [3.05, 3.63) is 199 Å². The molecule has 0 saturated carbocycles. The predicted octanol–water partition coefficient (Wildman–Crippen LogP) is 13.4. The van der Waals surface area contributed by atoms with Gasteiger partial charge in [-0.3, -0.25) is 0 Å². The first-order chi connectivity index (χ1) is 25.8. The highest BCUT2D eigenvalue weighted by Crippen LogP contribution is 2.43. The summed E-state index contributed by atoms with van der Waals surface area (Å²) in [7, 11) is 0. The zero-order valence-electron chi connectivity index (χ0n) is 28.3.